The SMILES string of the molecule is COC(=O)CC(c1cccc(OC)c1OCCc1ccccc1)c1c(O)c2ccccc2oc1=O. The lowest BCUT2D eigenvalue weighted by molar-refractivity contribution is -0.140. The van der Waals surface area contributed by atoms with Crippen molar-refractivity contribution in [3.63, 3.8) is 0 Å². The fourth-order valence-electron chi connectivity index (χ4n) is 4.11. The quantitative estimate of drug-likeness (QED) is 0.274. The van der Waals surface area contributed by atoms with Gasteiger partial charge in [-0.2, -0.15) is 0 Å². The van der Waals surface area contributed by atoms with Crippen LogP contribution in [-0.2, 0) is 16.0 Å². The maximum atomic E-state index is 13.1. The van der Waals surface area contributed by atoms with Gasteiger partial charge in [0.2, 0.25) is 0 Å². The molecule has 0 bridgehead atoms. The molecule has 1 atom stereocenters. The molecule has 0 fully saturated rings. The number of methoxy groups -OCH3 is 2. The van der Waals surface area contributed by atoms with Gasteiger partial charge >= 0.3 is 11.6 Å². The number of rotatable bonds is 9. The minimum absolute atomic E-state index is 0.0461. The molecule has 0 aliphatic rings. The first-order valence-corrected chi connectivity index (χ1v) is 11.2. The van der Waals surface area contributed by atoms with E-state index in [9.17, 15) is 14.7 Å². The Morgan fingerprint density at radius 1 is 0.971 bits per heavy atom. The molecule has 3 aromatic carbocycles. The van der Waals surface area contributed by atoms with E-state index < -0.39 is 17.5 Å². The van der Waals surface area contributed by atoms with E-state index >= 15 is 0 Å². The van der Waals surface area contributed by atoms with Gasteiger partial charge in [-0.25, -0.2) is 4.79 Å². The summed E-state index contributed by atoms with van der Waals surface area (Å²) in [5, 5.41) is 11.5. The summed E-state index contributed by atoms with van der Waals surface area (Å²) < 4.78 is 22.1. The van der Waals surface area contributed by atoms with E-state index in [0.717, 1.165) is 5.56 Å². The number of esters is 1. The van der Waals surface area contributed by atoms with Crippen molar-refractivity contribution in [1.29, 1.82) is 0 Å². The number of aromatic hydroxyl groups is 1. The topological polar surface area (TPSA) is 95.2 Å². The average Bonchev–Trinajstić information content (AvgIpc) is 2.88. The minimum atomic E-state index is -0.898. The first-order valence-electron chi connectivity index (χ1n) is 11.2. The van der Waals surface area contributed by atoms with E-state index in [1.54, 1.807) is 42.5 Å². The lowest BCUT2D eigenvalue weighted by atomic mass is 9.87. The largest absolute Gasteiger partial charge is 0.507 e. The molecule has 1 unspecified atom stereocenters. The summed E-state index contributed by atoms with van der Waals surface area (Å²) in [5.74, 6) is -0.879. The molecule has 0 amide bonds. The van der Waals surface area contributed by atoms with Crippen LogP contribution >= 0.6 is 0 Å². The van der Waals surface area contributed by atoms with Crippen molar-refractivity contribution in [2.75, 3.05) is 20.8 Å². The molecule has 0 aliphatic carbocycles. The molecular formula is C28H26O7. The predicted molar refractivity (Wildman–Crippen MR) is 131 cm³/mol. The molecule has 0 radical (unpaired) electrons. The third-order valence-corrected chi connectivity index (χ3v) is 5.85. The normalized spacial score (nSPS) is 11.7. The van der Waals surface area contributed by atoms with Crippen molar-refractivity contribution >= 4 is 16.9 Å². The highest BCUT2D eigenvalue weighted by Crippen LogP contribution is 2.43. The molecule has 0 spiro atoms. The van der Waals surface area contributed by atoms with Gasteiger partial charge in [-0.15, -0.1) is 0 Å². The van der Waals surface area contributed by atoms with Gasteiger partial charge in [0.25, 0.3) is 0 Å². The van der Waals surface area contributed by atoms with Crippen LogP contribution in [0.1, 0.15) is 29.0 Å². The smallest absolute Gasteiger partial charge is 0.343 e. The molecule has 1 N–H and O–H groups in total. The number of benzene rings is 3. The third-order valence-electron chi connectivity index (χ3n) is 5.85. The molecule has 0 saturated carbocycles. The summed E-state index contributed by atoms with van der Waals surface area (Å²) in [4.78, 5) is 25.5. The standard InChI is InChI=1S/C28H26O7/c1-32-23-14-8-12-19(27(23)34-16-15-18-9-4-3-5-10-18)21(17-24(29)33-2)25-26(30)20-11-6-7-13-22(20)35-28(25)31/h3-14,21,30H,15-17H2,1-2H3. The Labute approximate surface area is 202 Å². The van der Waals surface area contributed by atoms with Gasteiger partial charge in [-0.3, -0.25) is 4.79 Å². The maximum Gasteiger partial charge on any atom is 0.343 e. The van der Waals surface area contributed by atoms with Crippen molar-refractivity contribution in [3.8, 4) is 17.2 Å². The van der Waals surface area contributed by atoms with Crippen LogP contribution in [0.15, 0.2) is 82.0 Å². The van der Waals surface area contributed by atoms with E-state index in [4.69, 9.17) is 18.6 Å². The summed E-state index contributed by atoms with van der Waals surface area (Å²) in [5.41, 5.74) is 1.06. The van der Waals surface area contributed by atoms with Crippen molar-refractivity contribution in [2.24, 2.45) is 0 Å². The van der Waals surface area contributed by atoms with Crippen LogP contribution in [0.4, 0.5) is 0 Å². The van der Waals surface area contributed by atoms with Gasteiger partial charge in [0.15, 0.2) is 11.5 Å². The molecule has 7 heteroatoms. The van der Waals surface area contributed by atoms with E-state index in [1.165, 1.54) is 14.2 Å². The van der Waals surface area contributed by atoms with Crippen molar-refractivity contribution < 1.29 is 28.5 Å². The zero-order valence-corrected chi connectivity index (χ0v) is 19.5. The Morgan fingerprint density at radius 3 is 2.46 bits per heavy atom. The number of hydrogen-bond acceptors (Lipinski definition) is 7. The Hall–Kier alpha value is -4.26. The Balaban J connectivity index is 1.81. The van der Waals surface area contributed by atoms with Crippen LogP contribution in [0.2, 0.25) is 0 Å². The first-order chi connectivity index (χ1) is 17.0. The van der Waals surface area contributed by atoms with Crippen molar-refractivity contribution in [3.05, 3.63) is 99.9 Å². The second-order valence-corrected chi connectivity index (χ2v) is 7.94. The van der Waals surface area contributed by atoms with E-state index in [-0.39, 0.29) is 23.3 Å². The summed E-state index contributed by atoms with van der Waals surface area (Å²) in [6, 6.07) is 21.8. The molecule has 7 nitrogen and oxygen atoms in total. The van der Waals surface area contributed by atoms with E-state index in [2.05, 4.69) is 0 Å². The van der Waals surface area contributed by atoms with E-state index in [0.29, 0.717) is 35.5 Å². The highest BCUT2D eigenvalue weighted by Gasteiger charge is 2.30. The maximum absolute atomic E-state index is 13.1. The molecule has 1 heterocycles. The fraction of sp³-hybridized carbons (Fsp3) is 0.214. The Bertz CT molecular complexity index is 1380. The number of hydrogen-bond donors (Lipinski definition) is 1. The number of ether oxygens (including phenoxy) is 3. The van der Waals surface area contributed by atoms with E-state index in [1.807, 2.05) is 30.3 Å². The van der Waals surface area contributed by atoms with Gasteiger partial charge in [0.1, 0.15) is 11.3 Å². The molecule has 35 heavy (non-hydrogen) atoms. The molecule has 4 rings (SSSR count). The second-order valence-electron chi connectivity index (χ2n) is 7.94. The summed E-state index contributed by atoms with van der Waals surface area (Å²) in [6.45, 7) is 0.334. The molecule has 4 aromatic rings. The Kier molecular flexibility index (Phi) is 7.35. The zero-order chi connectivity index (χ0) is 24.8. The van der Waals surface area contributed by atoms with Crippen molar-refractivity contribution in [1.82, 2.24) is 0 Å². The van der Waals surface area contributed by atoms with Crippen LogP contribution in [-0.4, -0.2) is 31.9 Å². The number of fused-ring (bicyclic) bond motifs is 1. The number of carbonyl (C=O) groups is 1. The lowest BCUT2D eigenvalue weighted by Gasteiger charge is -2.22. The molecule has 1 aromatic heterocycles. The van der Waals surface area contributed by atoms with Gasteiger partial charge in [-0.05, 0) is 23.8 Å². The molecule has 180 valence electrons. The number of carbonyl (C=O) groups excluding carboxylic acids is 1. The van der Waals surface area contributed by atoms with Crippen molar-refractivity contribution in [2.45, 2.75) is 18.8 Å². The molecule has 0 saturated heterocycles. The van der Waals surface area contributed by atoms with Crippen LogP contribution in [0, 0.1) is 0 Å². The molecule has 0 aliphatic heterocycles. The summed E-state index contributed by atoms with van der Waals surface area (Å²) in [6.07, 6.45) is 0.429. The Morgan fingerprint density at radius 2 is 1.71 bits per heavy atom. The van der Waals surface area contributed by atoms with Gasteiger partial charge in [-0.1, -0.05) is 54.6 Å². The highest BCUT2D eigenvalue weighted by molar-refractivity contribution is 5.85. The summed E-state index contributed by atoms with van der Waals surface area (Å²) >= 11 is 0. The van der Waals surface area contributed by atoms with Gasteiger partial charge < -0.3 is 23.7 Å². The number of para-hydroxylation sites is 2. The first kappa shape index (κ1) is 23.9. The lowest BCUT2D eigenvalue weighted by Crippen LogP contribution is -2.19. The van der Waals surface area contributed by atoms with Crippen LogP contribution in [0.3, 0.4) is 0 Å². The second kappa shape index (κ2) is 10.8. The summed E-state index contributed by atoms with van der Waals surface area (Å²) in [7, 11) is 2.78. The highest BCUT2D eigenvalue weighted by atomic mass is 16.5. The van der Waals surface area contributed by atoms with Gasteiger partial charge in [0.05, 0.1) is 38.2 Å². The minimum Gasteiger partial charge on any atom is -0.507 e. The zero-order valence-electron chi connectivity index (χ0n) is 19.5. The fourth-order valence-corrected chi connectivity index (χ4v) is 4.11. The average molecular weight is 475 g/mol. The molecular weight excluding hydrogens is 448 g/mol. The van der Waals surface area contributed by atoms with Gasteiger partial charge in [0, 0.05) is 17.9 Å². The van der Waals surface area contributed by atoms with Crippen LogP contribution in [0.5, 0.6) is 17.2 Å². The van der Waals surface area contributed by atoms with Crippen LogP contribution < -0.4 is 15.1 Å². The van der Waals surface area contributed by atoms with Crippen LogP contribution in [0.25, 0.3) is 11.0 Å². The third kappa shape index (κ3) is 5.14. The predicted octanol–water partition coefficient (Wildman–Crippen LogP) is 4.82. The monoisotopic (exact) mass is 474 g/mol.